The second-order valence-corrected chi connectivity index (χ2v) is 5.01. The van der Waals surface area contributed by atoms with Gasteiger partial charge < -0.3 is 14.6 Å². The molecule has 5 heteroatoms. The van der Waals surface area contributed by atoms with Crippen LogP contribution in [-0.4, -0.2) is 49.5 Å². The van der Waals surface area contributed by atoms with Crippen molar-refractivity contribution in [1.29, 1.82) is 0 Å². The molecule has 1 aromatic carbocycles. The van der Waals surface area contributed by atoms with Crippen LogP contribution in [0.5, 0.6) is 11.5 Å². The van der Waals surface area contributed by atoms with E-state index in [-0.39, 0.29) is 12.0 Å². The van der Waals surface area contributed by atoms with Crippen LogP contribution in [0.25, 0.3) is 0 Å². The average Bonchev–Trinajstić information content (AvgIpc) is 2.46. The largest absolute Gasteiger partial charge is 0.486 e. The molecule has 1 heterocycles. The Morgan fingerprint density at radius 1 is 1.32 bits per heavy atom. The molecule has 4 nitrogen and oxygen atoms in total. The minimum atomic E-state index is -0.123. The molecule has 0 aromatic heterocycles. The third kappa shape index (κ3) is 3.75. The monoisotopic (exact) mass is 285 g/mol. The van der Waals surface area contributed by atoms with Crippen molar-refractivity contribution in [2.75, 3.05) is 39.5 Å². The lowest BCUT2D eigenvalue weighted by molar-refractivity contribution is 0.171. The number of ether oxygens (including phenoxy) is 2. The second-order valence-electron chi connectivity index (χ2n) is 4.49. The number of hydrogen-bond donors (Lipinski definition) is 1. The summed E-state index contributed by atoms with van der Waals surface area (Å²) in [7, 11) is 0. The smallest absolute Gasteiger partial charge is 0.161 e. The number of fused-ring (bicyclic) bond motifs is 1. The molecular formula is C14H20ClNO3. The summed E-state index contributed by atoms with van der Waals surface area (Å²) >= 11 is 6.44. The molecule has 0 radical (unpaired) electrons. The van der Waals surface area contributed by atoms with Gasteiger partial charge in [-0.05, 0) is 24.2 Å². The Morgan fingerprint density at radius 2 is 2.05 bits per heavy atom. The lowest BCUT2D eigenvalue weighted by Gasteiger charge is -2.24. The predicted octanol–water partition coefficient (Wildman–Crippen LogP) is 2.05. The summed E-state index contributed by atoms with van der Waals surface area (Å²) in [6.45, 7) is 5.60. The Hall–Kier alpha value is -0.970. The van der Waals surface area contributed by atoms with Gasteiger partial charge in [-0.3, -0.25) is 4.90 Å². The number of rotatable bonds is 6. The van der Waals surface area contributed by atoms with Gasteiger partial charge in [-0.2, -0.15) is 0 Å². The van der Waals surface area contributed by atoms with Crippen molar-refractivity contribution in [3.63, 3.8) is 0 Å². The van der Waals surface area contributed by atoms with Crippen LogP contribution < -0.4 is 9.47 Å². The van der Waals surface area contributed by atoms with Gasteiger partial charge in [0, 0.05) is 13.1 Å². The van der Waals surface area contributed by atoms with Crippen molar-refractivity contribution in [1.82, 2.24) is 4.90 Å². The normalized spacial score (nSPS) is 15.6. The van der Waals surface area contributed by atoms with E-state index in [1.165, 1.54) is 0 Å². The van der Waals surface area contributed by atoms with Crippen molar-refractivity contribution in [2.45, 2.75) is 12.3 Å². The van der Waals surface area contributed by atoms with Gasteiger partial charge in [0.05, 0.1) is 12.0 Å². The van der Waals surface area contributed by atoms with Crippen LogP contribution in [0.15, 0.2) is 18.2 Å². The maximum absolute atomic E-state index is 8.99. The number of nitrogens with zero attached hydrogens (tertiary/aromatic N) is 1. The molecule has 1 N–H and O–H groups in total. The lowest BCUT2D eigenvalue weighted by Crippen LogP contribution is -2.29. The van der Waals surface area contributed by atoms with Gasteiger partial charge in [0.1, 0.15) is 13.2 Å². The first-order chi connectivity index (χ1) is 9.24. The molecule has 19 heavy (non-hydrogen) atoms. The molecule has 1 atom stereocenters. The summed E-state index contributed by atoms with van der Waals surface area (Å²) in [5.41, 5.74) is 1.02. The van der Waals surface area contributed by atoms with E-state index < -0.39 is 0 Å². The van der Waals surface area contributed by atoms with Gasteiger partial charge >= 0.3 is 0 Å². The third-order valence-corrected chi connectivity index (χ3v) is 3.60. The summed E-state index contributed by atoms with van der Waals surface area (Å²) in [6.07, 6.45) is 0. The first-order valence-electron chi connectivity index (χ1n) is 6.61. The summed E-state index contributed by atoms with van der Waals surface area (Å²) in [5.74, 6) is 1.54. The zero-order valence-electron chi connectivity index (χ0n) is 11.1. The van der Waals surface area contributed by atoms with Crippen molar-refractivity contribution in [2.24, 2.45) is 0 Å². The average molecular weight is 286 g/mol. The fourth-order valence-electron chi connectivity index (χ4n) is 2.11. The van der Waals surface area contributed by atoms with E-state index in [1.807, 2.05) is 18.2 Å². The van der Waals surface area contributed by atoms with E-state index in [1.54, 1.807) is 0 Å². The summed E-state index contributed by atoms with van der Waals surface area (Å²) in [6, 6.07) is 5.82. The summed E-state index contributed by atoms with van der Waals surface area (Å²) in [4.78, 5) is 2.12. The fraction of sp³-hybridized carbons (Fsp3) is 0.571. The molecule has 1 aliphatic heterocycles. The lowest BCUT2D eigenvalue weighted by atomic mass is 10.1. The third-order valence-electron chi connectivity index (χ3n) is 3.21. The fourth-order valence-corrected chi connectivity index (χ4v) is 2.44. The molecule has 1 aromatic rings. The Morgan fingerprint density at radius 3 is 2.74 bits per heavy atom. The molecule has 0 bridgehead atoms. The highest BCUT2D eigenvalue weighted by molar-refractivity contribution is 6.21. The van der Waals surface area contributed by atoms with Crippen LogP contribution in [0.1, 0.15) is 17.9 Å². The van der Waals surface area contributed by atoms with Gasteiger partial charge in [-0.1, -0.05) is 13.0 Å². The van der Waals surface area contributed by atoms with Crippen molar-refractivity contribution < 1.29 is 14.6 Å². The molecule has 0 saturated heterocycles. The summed E-state index contributed by atoms with van der Waals surface area (Å²) in [5, 5.41) is 8.87. The van der Waals surface area contributed by atoms with Crippen molar-refractivity contribution >= 4 is 11.6 Å². The molecular weight excluding hydrogens is 266 g/mol. The highest BCUT2D eigenvalue weighted by Gasteiger charge is 2.17. The van der Waals surface area contributed by atoms with Crippen LogP contribution >= 0.6 is 11.6 Å². The van der Waals surface area contributed by atoms with Crippen molar-refractivity contribution in [3.05, 3.63) is 23.8 Å². The van der Waals surface area contributed by atoms with E-state index in [0.29, 0.717) is 26.3 Å². The molecule has 1 unspecified atom stereocenters. The molecule has 2 rings (SSSR count). The van der Waals surface area contributed by atoms with Crippen LogP contribution in [0.4, 0.5) is 0 Å². The van der Waals surface area contributed by atoms with E-state index in [0.717, 1.165) is 23.6 Å². The van der Waals surface area contributed by atoms with E-state index >= 15 is 0 Å². The number of benzene rings is 1. The number of halogens is 1. The predicted molar refractivity (Wildman–Crippen MR) is 75.2 cm³/mol. The molecule has 0 saturated carbocycles. The van der Waals surface area contributed by atoms with E-state index in [4.69, 9.17) is 26.2 Å². The first kappa shape index (κ1) is 14.4. The summed E-state index contributed by atoms with van der Waals surface area (Å²) < 4.78 is 11.0. The molecule has 106 valence electrons. The number of aliphatic hydroxyl groups excluding tert-OH is 1. The molecule has 0 spiro atoms. The minimum Gasteiger partial charge on any atom is -0.486 e. The highest BCUT2D eigenvalue weighted by atomic mass is 35.5. The molecule has 1 aliphatic rings. The van der Waals surface area contributed by atoms with Gasteiger partial charge in [0.15, 0.2) is 11.5 Å². The highest BCUT2D eigenvalue weighted by Crippen LogP contribution is 2.34. The van der Waals surface area contributed by atoms with Gasteiger partial charge in [-0.25, -0.2) is 0 Å². The van der Waals surface area contributed by atoms with Gasteiger partial charge in [0.25, 0.3) is 0 Å². The molecule has 0 aliphatic carbocycles. The van der Waals surface area contributed by atoms with E-state index in [2.05, 4.69) is 11.8 Å². The molecule has 0 amide bonds. The number of aliphatic hydroxyl groups is 1. The van der Waals surface area contributed by atoms with Crippen molar-refractivity contribution in [3.8, 4) is 11.5 Å². The zero-order chi connectivity index (χ0) is 13.7. The Kier molecular flexibility index (Phi) is 5.31. The SMILES string of the molecule is CCN(CCO)CC(Cl)c1ccc2c(c1)OCCO2. The number of likely N-dealkylation sites (N-methyl/N-ethyl adjacent to an activating group) is 1. The molecule has 0 fully saturated rings. The van der Waals surface area contributed by atoms with Crippen LogP contribution in [-0.2, 0) is 0 Å². The van der Waals surface area contributed by atoms with Crippen LogP contribution in [0.3, 0.4) is 0 Å². The van der Waals surface area contributed by atoms with Gasteiger partial charge in [0.2, 0.25) is 0 Å². The zero-order valence-corrected chi connectivity index (χ0v) is 11.9. The number of alkyl halides is 1. The number of hydrogen-bond acceptors (Lipinski definition) is 4. The van der Waals surface area contributed by atoms with Crippen LogP contribution in [0.2, 0.25) is 0 Å². The Labute approximate surface area is 118 Å². The maximum atomic E-state index is 8.99. The first-order valence-corrected chi connectivity index (χ1v) is 7.05. The standard InChI is InChI=1S/C14H20ClNO3/c1-2-16(5-6-17)10-12(15)11-3-4-13-14(9-11)19-8-7-18-13/h3-4,9,12,17H,2,5-8,10H2,1H3. The Balaban J connectivity index is 2.04. The maximum Gasteiger partial charge on any atom is 0.161 e. The minimum absolute atomic E-state index is 0.123. The van der Waals surface area contributed by atoms with Gasteiger partial charge in [-0.15, -0.1) is 11.6 Å². The topological polar surface area (TPSA) is 41.9 Å². The Bertz CT molecular complexity index is 414. The second kappa shape index (κ2) is 6.98. The van der Waals surface area contributed by atoms with E-state index in [9.17, 15) is 0 Å². The quantitative estimate of drug-likeness (QED) is 0.813. The van der Waals surface area contributed by atoms with Crippen LogP contribution in [0, 0.1) is 0 Å².